The largest absolute Gasteiger partial charge is 0.352 e. The highest BCUT2D eigenvalue weighted by Gasteiger charge is 2.23. The smallest absolute Gasteiger partial charge is 0.223 e. The van der Waals surface area contributed by atoms with Crippen molar-refractivity contribution in [3.8, 4) is 0 Å². The Balaban J connectivity index is 2.32. The lowest BCUT2D eigenvalue weighted by Gasteiger charge is -2.30. The standard InChI is InChI=1S/C16H31N3O2/c1-4-10-19(11-5-2)16(21)7-6-15(20)18-14-12-17-9-8-13(14)3/h13-14,17H,4-12H2,1-3H3,(H,18,20). The Labute approximate surface area is 128 Å². The monoisotopic (exact) mass is 297 g/mol. The Kier molecular flexibility index (Phi) is 8.35. The van der Waals surface area contributed by atoms with Crippen molar-refractivity contribution < 1.29 is 9.59 Å². The van der Waals surface area contributed by atoms with Gasteiger partial charge in [-0.25, -0.2) is 0 Å². The first-order valence-electron chi connectivity index (χ1n) is 8.36. The Morgan fingerprint density at radius 3 is 2.43 bits per heavy atom. The molecule has 1 aliphatic heterocycles. The third-order valence-electron chi connectivity index (χ3n) is 4.08. The maximum Gasteiger partial charge on any atom is 0.223 e. The van der Waals surface area contributed by atoms with Crippen LogP contribution in [-0.2, 0) is 9.59 Å². The lowest BCUT2D eigenvalue weighted by Crippen LogP contribution is -2.50. The first-order valence-corrected chi connectivity index (χ1v) is 8.36. The molecule has 1 rings (SSSR count). The van der Waals surface area contributed by atoms with Crippen molar-refractivity contribution in [1.82, 2.24) is 15.5 Å². The highest BCUT2D eigenvalue weighted by atomic mass is 16.2. The number of piperidine rings is 1. The van der Waals surface area contributed by atoms with Gasteiger partial charge in [0.15, 0.2) is 0 Å². The van der Waals surface area contributed by atoms with Crippen LogP contribution in [0.25, 0.3) is 0 Å². The van der Waals surface area contributed by atoms with Gasteiger partial charge in [0.05, 0.1) is 0 Å². The fraction of sp³-hybridized carbons (Fsp3) is 0.875. The minimum Gasteiger partial charge on any atom is -0.352 e. The van der Waals surface area contributed by atoms with Crippen LogP contribution in [0.15, 0.2) is 0 Å². The summed E-state index contributed by atoms with van der Waals surface area (Å²) < 4.78 is 0. The number of carbonyl (C=O) groups excluding carboxylic acids is 2. The van der Waals surface area contributed by atoms with E-state index in [1.165, 1.54) is 0 Å². The van der Waals surface area contributed by atoms with E-state index in [-0.39, 0.29) is 17.9 Å². The Morgan fingerprint density at radius 2 is 1.86 bits per heavy atom. The van der Waals surface area contributed by atoms with Gasteiger partial charge in [-0.05, 0) is 31.7 Å². The average Bonchev–Trinajstić information content (AvgIpc) is 2.47. The van der Waals surface area contributed by atoms with E-state index in [0.717, 1.165) is 45.4 Å². The molecule has 1 fully saturated rings. The van der Waals surface area contributed by atoms with Gasteiger partial charge >= 0.3 is 0 Å². The highest BCUT2D eigenvalue weighted by Crippen LogP contribution is 2.11. The predicted octanol–water partition coefficient (Wildman–Crippen LogP) is 1.53. The van der Waals surface area contributed by atoms with Crippen molar-refractivity contribution in [3.05, 3.63) is 0 Å². The van der Waals surface area contributed by atoms with Crippen molar-refractivity contribution in [2.45, 2.75) is 58.9 Å². The van der Waals surface area contributed by atoms with Gasteiger partial charge in [0.1, 0.15) is 0 Å². The first kappa shape index (κ1) is 18.0. The molecule has 1 aliphatic rings. The lowest BCUT2D eigenvalue weighted by atomic mass is 9.94. The zero-order chi connectivity index (χ0) is 15.7. The van der Waals surface area contributed by atoms with Crippen LogP contribution in [0.3, 0.4) is 0 Å². The molecule has 0 aromatic rings. The average molecular weight is 297 g/mol. The van der Waals surface area contributed by atoms with E-state index in [0.29, 0.717) is 18.8 Å². The van der Waals surface area contributed by atoms with E-state index in [4.69, 9.17) is 0 Å². The molecule has 1 heterocycles. The minimum absolute atomic E-state index is 0.00292. The van der Waals surface area contributed by atoms with Crippen LogP contribution >= 0.6 is 0 Å². The zero-order valence-corrected chi connectivity index (χ0v) is 13.8. The number of rotatable bonds is 8. The van der Waals surface area contributed by atoms with Gasteiger partial charge in [0.2, 0.25) is 11.8 Å². The summed E-state index contributed by atoms with van der Waals surface area (Å²) in [4.78, 5) is 26.0. The topological polar surface area (TPSA) is 61.4 Å². The van der Waals surface area contributed by atoms with Crippen molar-refractivity contribution in [3.63, 3.8) is 0 Å². The van der Waals surface area contributed by atoms with E-state index in [9.17, 15) is 9.59 Å². The molecule has 2 N–H and O–H groups in total. The van der Waals surface area contributed by atoms with Crippen molar-refractivity contribution in [2.24, 2.45) is 5.92 Å². The first-order chi connectivity index (χ1) is 10.1. The number of nitrogens with one attached hydrogen (secondary N) is 2. The van der Waals surface area contributed by atoms with E-state index < -0.39 is 0 Å². The third kappa shape index (κ3) is 6.46. The van der Waals surface area contributed by atoms with Crippen LogP contribution in [0.4, 0.5) is 0 Å². The maximum absolute atomic E-state index is 12.1. The van der Waals surface area contributed by atoms with Crippen LogP contribution in [0.1, 0.15) is 52.9 Å². The van der Waals surface area contributed by atoms with Crippen LogP contribution < -0.4 is 10.6 Å². The van der Waals surface area contributed by atoms with Gasteiger partial charge in [0, 0.05) is 38.5 Å². The number of amides is 2. The molecule has 2 unspecified atom stereocenters. The molecule has 5 nitrogen and oxygen atoms in total. The molecule has 0 aliphatic carbocycles. The molecule has 122 valence electrons. The normalized spacial score (nSPS) is 21.9. The zero-order valence-electron chi connectivity index (χ0n) is 13.8. The molecule has 0 aromatic heterocycles. The molecule has 0 aromatic carbocycles. The van der Waals surface area contributed by atoms with E-state index in [1.54, 1.807) is 0 Å². The van der Waals surface area contributed by atoms with E-state index >= 15 is 0 Å². The SMILES string of the molecule is CCCN(CCC)C(=O)CCC(=O)NC1CNCCC1C. The van der Waals surface area contributed by atoms with Gasteiger partial charge in [-0.2, -0.15) is 0 Å². The van der Waals surface area contributed by atoms with Crippen molar-refractivity contribution >= 4 is 11.8 Å². The number of hydrogen-bond acceptors (Lipinski definition) is 3. The second-order valence-corrected chi connectivity index (χ2v) is 6.02. The summed E-state index contributed by atoms with van der Waals surface area (Å²) in [5.74, 6) is 0.600. The molecular formula is C16H31N3O2. The predicted molar refractivity (Wildman–Crippen MR) is 85.0 cm³/mol. The Morgan fingerprint density at radius 1 is 1.19 bits per heavy atom. The molecule has 0 radical (unpaired) electrons. The summed E-state index contributed by atoms with van der Waals surface area (Å²) in [5.41, 5.74) is 0. The molecule has 2 atom stereocenters. The van der Waals surface area contributed by atoms with Gasteiger partial charge in [-0.15, -0.1) is 0 Å². The second kappa shape index (κ2) is 9.77. The number of carbonyl (C=O) groups is 2. The fourth-order valence-electron chi connectivity index (χ4n) is 2.74. The van der Waals surface area contributed by atoms with Gasteiger partial charge < -0.3 is 15.5 Å². The van der Waals surface area contributed by atoms with Crippen LogP contribution in [0.2, 0.25) is 0 Å². The molecule has 1 saturated heterocycles. The third-order valence-corrected chi connectivity index (χ3v) is 4.08. The molecule has 2 amide bonds. The quantitative estimate of drug-likeness (QED) is 0.714. The Bertz CT molecular complexity index is 327. The fourth-order valence-corrected chi connectivity index (χ4v) is 2.74. The van der Waals surface area contributed by atoms with E-state index in [2.05, 4.69) is 31.4 Å². The van der Waals surface area contributed by atoms with Crippen LogP contribution in [0.5, 0.6) is 0 Å². The summed E-state index contributed by atoms with van der Waals surface area (Å²) in [6.45, 7) is 9.74. The minimum atomic E-state index is -0.00292. The lowest BCUT2D eigenvalue weighted by molar-refractivity contribution is -0.133. The van der Waals surface area contributed by atoms with Crippen LogP contribution in [0, 0.1) is 5.92 Å². The molecule has 0 bridgehead atoms. The molecular weight excluding hydrogens is 266 g/mol. The highest BCUT2D eigenvalue weighted by molar-refractivity contribution is 5.83. The van der Waals surface area contributed by atoms with Crippen LogP contribution in [-0.4, -0.2) is 48.9 Å². The van der Waals surface area contributed by atoms with Gasteiger partial charge in [-0.1, -0.05) is 20.8 Å². The summed E-state index contributed by atoms with van der Waals surface area (Å²) in [6, 6.07) is 0.198. The summed E-state index contributed by atoms with van der Waals surface area (Å²) in [5, 5.41) is 6.35. The molecule has 5 heteroatoms. The second-order valence-electron chi connectivity index (χ2n) is 6.02. The molecule has 0 spiro atoms. The van der Waals surface area contributed by atoms with Gasteiger partial charge in [0.25, 0.3) is 0 Å². The Hall–Kier alpha value is -1.10. The van der Waals surface area contributed by atoms with E-state index in [1.807, 2.05) is 4.90 Å². The summed E-state index contributed by atoms with van der Waals surface area (Å²) in [6.07, 6.45) is 3.63. The van der Waals surface area contributed by atoms with Crippen molar-refractivity contribution in [1.29, 1.82) is 0 Å². The van der Waals surface area contributed by atoms with Crippen molar-refractivity contribution in [2.75, 3.05) is 26.2 Å². The number of nitrogens with zero attached hydrogens (tertiary/aromatic N) is 1. The summed E-state index contributed by atoms with van der Waals surface area (Å²) >= 11 is 0. The summed E-state index contributed by atoms with van der Waals surface area (Å²) in [7, 11) is 0. The molecule has 21 heavy (non-hydrogen) atoms. The maximum atomic E-state index is 12.1. The van der Waals surface area contributed by atoms with Gasteiger partial charge in [-0.3, -0.25) is 9.59 Å². The number of hydrogen-bond donors (Lipinski definition) is 2. The molecule has 0 saturated carbocycles.